The van der Waals surface area contributed by atoms with Crippen LogP contribution < -0.4 is 10.6 Å². The second-order valence-electron chi connectivity index (χ2n) is 8.12. The first-order valence-corrected chi connectivity index (χ1v) is 10.2. The molecule has 7 heteroatoms. The monoisotopic (exact) mass is 402 g/mol. The molecule has 0 radical (unpaired) electrons. The van der Waals surface area contributed by atoms with Crippen LogP contribution in [0.3, 0.4) is 0 Å². The molecule has 4 rings (SSSR count). The summed E-state index contributed by atoms with van der Waals surface area (Å²) in [5.41, 5.74) is 1.52. The van der Waals surface area contributed by atoms with Gasteiger partial charge in [-0.05, 0) is 30.7 Å². The summed E-state index contributed by atoms with van der Waals surface area (Å²) in [6, 6.07) is 11.2. The number of fused-ring (bicyclic) bond motifs is 1. The smallest absolute Gasteiger partial charge is 0.251 e. The molecule has 3 aromatic rings. The van der Waals surface area contributed by atoms with Crippen LogP contribution >= 0.6 is 0 Å². The van der Waals surface area contributed by atoms with Gasteiger partial charge in [-0.1, -0.05) is 30.3 Å². The normalized spacial score (nSPS) is 15.1. The van der Waals surface area contributed by atoms with Gasteiger partial charge in [-0.15, -0.1) is 0 Å². The number of aromatic nitrogens is 2. The molecule has 1 aliphatic heterocycles. The Kier molecular flexibility index (Phi) is 5.53. The van der Waals surface area contributed by atoms with Gasteiger partial charge in [-0.25, -0.2) is 4.85 Å². The lowest BCUT2D eigenvalue weighted by Gasteiger charge is -2.27. The predicted molar refractivity (Wildman–Crippen MR) is 119 cm³/mol. The third kappa shape index (κ3) is 3.92. The van der Waals surface area contributed by atoms with Crippen LogP contribution in [0.5, 0.6) is 0 Å². The molecule has 1 aromatic heterocycles. The number of benzene rings is 2. The van der Waals surface area contributed by atoms with E-state index in [1.807, 2.05) is 50.5 Å². The molecule has 2 N–H and O–H groups in total. The van der Waals surface area contributed by atoms with Crippen LogP contribution in [0.15, 0.2) is 48.8 Å². The standard InChI is InChI=1S/C23H26N6O/c1-23(2,29-16-17(14-26-29)15-28-12-10-25-11-13-28)22(30)27-21-9-8-20(24-3)18-6-4-5-7-19(18)21/h4-9,14,16,25H,10-13,15H2,1-2H3,(H,27,30). The van der Waals surface area contributed by atoms with Crippen LogP contribution in [0, 0.1) is 6.57 Å². The molecule has 1 aliphatic rings. The molecule has 0 atom stereocenters. The number of carbonyl (C=O) groups excluding carboxylic acids is 1. The Morgan fingerprint density at radius 3 is 2.67 bits per heavy atom. The van der Waals surface area contributed by atoms with Crippen molar-refractivity contribution in [2.75, 3.05) is 31.5 Å². The third-order valence-electron chi connectivity index (χ3n) is 5.65. The summed E-state index contributed by atoms with van der Waals surface area (Å²) < 4.78 is 1.73. The number of piperazine rings is 1. The summed E-state index contributed by atoms with van der Waals surface area (Å²) in [6.07, 6.45) is 3.80. The van der Waals surface area contributed by atoms with E-state index < -0.39 is 5.54 Å². The molecule has 0 bridgehead atoms. The van der Waals surface area contributed by atoms with Crippen molar-refractivity contribution < 1.29 is 4.79 Å². The van der Waals surface area contributed by atoms with Crippen LogP contribution in [-0.4, -0.2) is 46.8 Å². The summed E-state index contributed by atoms with van der Waals surface area (Å²) in [4.78, 5) is 19.1. The quantitative estimate of drug-likeness (QED) is 0.642. The van der Waals surface area contributed by atoms with Gasteiger partial charge in [0.25, 0.3) is 5.91 Å². The van der Waals surface area contributed by atoms with Gasteiger partial charge >= 0.3 is 0 Å². The van der Waals surface area contributed by atoms with E-state index in [-0.39, 0.29) is 5.91 Å². The first-order chi connectivity index (χ1) is 14.5. The molecule has 2 aromatic carbocycles. The highest BCUT2D eigenvalue weighted by atomic mass is 16.2. The Morgan fingerprint density at radius 1 is 1.20 bits per heavy atom. The van der Waals surface area contributed by atoms with Crippen LogP contribution in [0.1, 0.15) is 19.4 Å². The van der Waals surface area contributed by atoms with Crippen LogP contribution in [-0.2, 0) is 16.9 Å². The Labute approximate surface area is 176 Å². The van der Waals surface area contributed by atoms with E-state index >= 15 is 0 Å². The van der Waals surface area contributed by atoms with Gasteiger partial charge in [0.05, 0.1) is 12.8 Å². The molecule has 1 fully saturated rings. The number of rotatable bonds is 5. The van der Waals surface area contributed by atoms with Crippen molar-refractivity contribution in [3.63, 3.8) is 0 Å². The second kappa shape index (κ2) is 8.27. The second-order valence-corrected chi connectivity index (χ2v) is 8.12. The molecular weight excluding hydrogens is 376 g/mol. The minimum atomic E-state index is -0.860. The van der Waals surface area contributed by atoms with E-state index in [0.29, 0.717) is 11.4 Å². The maximum absolute atomic E-state index is 13.2. The first-order valence-electron chi connectivity index (χ1n) is 10.2. The lowest BCUT2D eigenvalue weighted by Crippen LogP contribution is -2.43. The van der Waals surface area contributed by atoms with Crippen molar-refractivity contribution in [1.29, 1.82) is 0 Å². The molecule has 154 valence electrons. The van der Waals surface area contributed by atoms with Crippen LogP contribution in [0.4, 0.5) is 11.4 Å². The van der Waals surface area contributed by atoms with Crippen molar-refractivity contribution in [1.82, 2.24) is 20.0 Å². The molecule has 1 amide bonds. The summed E-state index contributed by atoms with van der Waals surface area (Å²) in [7, 11) is 0. The maximum Gasteiger partial charge on any atom is 0.251 e. The van der Waals surface area contributed by atoms with Gasteiger partial charge < -0.3 is 10.6 Å². The van der Waals surface area contributed by atoms with E-state index in [2.05, 4.69) is 25.5 Å². The number of nitrogens with zero attached hydrogens (tertiary/aromatic N) is 4. The Balaban J connectivity index is 1.53. The number of nitrogens with one attached hydrogen (secondary N) is 2. The van der Waals surface area contributed by atoms with Gasteiger partial charge in [-0.3, -0.25) is 14.4 Å². The van der Waals surface area contributed by atoms with E-state index in [1.165, 1.54) is 0 Å². The minimum Gasteiger partial charge on any atom is -0.324 e. The van der Waals surface area contributed by atoms with Gasteiger partial charge in [0.1, 0.15) is 5.54 Å². The molecular formula is C23H26N6O. The van der Waals surface area contributed by atoms with Gasteiger partial charge in [0.15, 0.2) is 5.69 Å². The third-order valence-corrected chi connectivity index (χ3v) is 5.65. The predicted octanol–water partition coefficient (Wildman–Crippen LogP) is 3.37. The minimum absolute atomic E-state index is 0.153. The molecule has 2 heterocycles. The molecule has 0 saturated carbocycles. The SMILES string of the molecule is [C-]#[N+]c1ccc(NC(=O)C(C)(C)n2cc(CN3CCNCC3)cn2)c2ccccc12. The zero-order valence-electron chi connectivity index (χ0n) is 17.4. The highest BCUT2D eigenvalue weighted by Crippen LogP contribution is 2.32. The van der Waals surface area contributed by atoms with Crippen molar-refractivity contribution in [3.05, 3.63) is 65.8 Å². The largest absolute Gasteiger partial charge is 0.324 e. The topological polar surface area (TPSA) is 66.6 Å². The number of hydrogen-bond acceptors (Lipinski definition) is 4. The molecule has 30 heavy (non-hydrogen) atoms. The zero-order valence-corrected chi connectivity index (χ0v) is 17.4. The molecule has 7 nitrogen and oxygen atoms in total. The van der Waals surface area contributed by atoms with Crippen molar-refractivity contribution in [2.45, 2.75) is 25.9 Å². The summed E-state index contributed by atoms with van der Waals surface area (Å²) >= 11 is 0. The summed E-state index contributed by atoms with van der Waals surface area (Å²) in [5.74, 6) is -0.153. The van der Waals surface area contributed by atoms with Crippen molar-refractivity contribution >= 4 is 28.1 Å². The van der Waals surface area contributed by atoms with Crippen LogP contribution in [0.2, 0.25) is 0 Å². The Bertz CT molecular complexity index is 1100. The van der Waals surface area contributed by atoms with Gasteiger partial charge in [0, 0.05) is 50.2 Å². The first kappa shape index (κ1) is 20.1. The average Bonchev–Trinajstić information content (AvgIpc) is 3.24. The average molecular weight is 403 g/mol. The Hall–Kier alpha value is -3.21. The fourth-order valence-electron chi connectivity index (χ4n) is 3.74. The number of carbonyl (C=O) groups is 1. The lowest BCUT2D eigenvalue weighted by molar-refractivity contribution is -0.123. The maximum atomic E-state index is 13.2. The molecule has 0 unspecified atom stereocenters. The number of anilines is 1. The fourth-order valence-corrected chi connectivity index (χ4v) is 3.74. The zero-order chi connectivity index (χ0) is 21.1. The summed E-state index contributed by atoms with van der Waals surface area (Å²) in [6.45, 7) is 16.0. The number of amides is 1. The Morgan fingerprint density at radius 2 is 1.93 bits per heavy atom. The summed E-state index contributed by atoms with van der Waals surface area (Å²) in [5, 5.41) is 12.6. The van der Waals surface area contributed by atoms with Gasteiger partial charge in [-0.2, -0.15) is 5.10 Å². The van der Waals surface area contributed by atoms with Gasteiger partial charge in [0.2, 0.25) is 0 Å². The highest BCUT2D eigenvalue weighted by Gasteiger charge is 2.31. The highest BCUT2D eigenvalue weighted by molar-refractivity contribution is 6.08. The van der Waals surface area contributed by atoms with E-state index in [0.717, 1.165) is 49.1 Å². The fraction of sp³-hybridized carbons (Fsp3) is 0.348. The van der Waals surface area contributed by atoms with E-state index in [9.17, 15) is 4.79 Å². The lowest BCUT2D eigenvalue weighted by atomic mass is 10.0. The number of hydrogen-bond donors (Lipinski definition) is 2. The van der Waals surface area contributed by atoms with Crippen molar-refractivity contribution in [3.8, 4) is 0 Å². The molecule has 0 aliphatic carbocycles. The molecule has 0 spiro atoms. The van der Waals surface area contributed by atoms with Crippen LogP contribution in [0.25, 0.3) is 15.6 Å². The van der Waals surface area contributed by atoms with E-state index in [1.54, 1.807) is 16.8 Å². The molecule has 1 saturated heterocycles. The van der Waals surface area contributed by atoms with E-state index in [4.69, 9.17) is 6.57 Å². The van der Waals surface area contributed by atoms with Crippen molar-refractivity contribution in [2.24, 2.45) is 0 Å².